The van der Waals surface area contributed by atoms with Crippen LogP contribution in [0.25, 0.3) is 0 Å². The lowest BCUT2D eigenvalue weighted by atomic mass is 10.0. The first kappa shape index (κ1) is 11.2. The second-order valence-electron chi connectivity index (χ2n) is 3.38. The van der Waals surface area contributed by atoms with Crippen LogP contribution >= 0.6 is 0 Å². The van der Waals surface area contributed by atoms with Crippen LogP contribution in [0.4, 0.5) is 0 Å². The molecular weight excluding hydrogens is 196 g/mol. The van der Waals surface area contributed by atoms with Gasteiger partial charge in [0.25, 0.3) is 0 Å². The molecule has 1 unspecified atom stereocenters. The van der Waals surface area contributed by atoms with Gasteiger partial charge in [-0.3, -0.25) is 4.79 Å². The summed E-state index contributed by atoms with van der Waals surface area (Å²) in [5, 5.41) is 18.5. The molecule has 1 aromatic heterocycles. The predicted octanol–water partition coefficient (Wildman–Crippen LogP) is 0.800. The molecule has 80 valence electrons. The Morgan fingerprint density at radius 3 is 2.73 bits per heavy atom. The molecule has 0 aliphatic rings. The van der Waals surface area contributed by atoms with Gasteiger partial charge in [0.05, 0.1) is 6.07 Å². The Kier molecular flexibility index (Phi) is 3.04. The molecular formula is C9H12N4O2. The quantitative estimate of drug-likeness (QED) is 0.793. The van der Waals surface area contributed by atoms with E-state index in [0.29, 0.717) is 12.3 Å². The Morgan fingerprint density at radius 1 is 1.67 bits per heavy atom. The van der Waals surface area contributed by atoms with Crippen LogP contribution in [0.15, 0.2) is 4.42 Å². The molecule has 0 aliphatic carbocycles. The van der Waals surface area contributed by atoms with Gasteiger partial charge in [0, 0.05) is 6.92 Å². The normalized spacial score (nSPS) is 14.0. The smallest absolute Gasteiger partial charge is 0.310 e. The monoisotopic (exact) mass is 208 g/mol. The van der Waals surface area contributed by atoms with E-state index in [1.807, 2.05) is 13.0 Å². The minimum Gasteiger partial charge on any atom is -0.417 e. The summed E-state index contributed by atoms with van der Waals surface area (Å²) in [7, 11) is 0. The van der Waals surface area contributed by atoms with Crippen molar-refractivity contribution >= 4 is 5.91 Å². The number of aryl methyl sites for hydroxylation is 1. The van der Waals surface area contributed by atoms with Crippen LogP contribution < -0.4 is 5.32 Å². The fraction of sp³-hybridized carbons (Fsp3) is 0.556. The molecule has 0 bridgehead atoms. The van der Waals surface area contributed by atoms with Gasteiger partial charge in [-0.15, -0.1) is 10.2 Å². The van der Waals surface area contributed by atoms with Gasteiger partial charge < -0.3 is 9.73 Å². The molecule has 0 radical (unpaired) electrons. The molecule has 6 nitrogen and oxygen atoms in total. The summed E-state index contributed by atoms with van der Waals surface area (Å²) < 4.78 is 4.94. The van der Waals surface area contributed by atoms with Crippen molar-refractivity contribution in [2.24, 2.45) is 0 Å². The van der Waals surface area contributed by atoms with E-state index >= 15 is 0 Å². The van der Waals surface area contributed by atoms with Crippen LogP contribution in [0.2, 0.25) is 0 Å². The largest absolute Gasteiger partial charge is 0.417 e. The first-order valence-electron chi connectivity index (χ1n) is 4.54. The minimum absolute atomic E-state index is 0.123. The van der Waals surface area contributed by atoms with Crippen LogP contribution in [0.1, 0.15) is 36.8 Å². The van der Waals surface area contributed by atoms with Crippen molar-refractivity contribution in [1.29, 1.82) is 5.26 Å². The Labute approximate surface area is 87.3 Å². The predicted molar refractivity (Wildman–Crippen MR) is 50.8 cm³/mol. The van der Waals surface area contributed by atoms with Crippen molar-refractivity contribution in [2.45, 2.75) is 32.7 Å². The van der Waals surface area contributed by atoms with Gasteiger partial charge in [0.15, 0.2) is 0 Å². The fourth-order valence-corrected chi connectivity index (χ4v) is 0.888. The highest BCUT2D eigenvalue weighted by atomic mass is 16.4. The summed E-state index contributed by atoms with van der Waals surface area (Å²) >= 11 is 0. The summed E-state index contributed by atoms with van der Waals surface area (Å²) in [5.74, 6) is -0.334. The highest BCUT2D eigenvalue weighted by molar-refractivity contribution is 5.90. The van der Waals surface area contributed by atoms with E-state index in [9.17, 15) is 4.79 Å². The van der Waals surface area contributed by atoms with Crippen molar-refractivity contribution in [1.82, 2.24) is 15.5 Å². The maximum absolute atomic E-state index is 11.5. The summed E-state index contributed by atoms with van der Waals surface area (Å²) in [6.07, 6.45) is 0.502. The van der Waals surface area contributed by atoms with E-state index in [1.165, 1.54) is 0 Å². The van der Waals surface area contributed by atoms with Gasteiger partial charge in [0.2, 0.25) is 5.89 Å². The zero-order valence-corrected chi connectivity index (χ0v) is 8.87. The molecule has 1 rings (SSSR count). The summed E-state index contributed by atoms with van der Waals surface area (Å²) in [4.78, 5) is 11.5. The molecule has 0 saturated heterocycles. The number of nitrogens with zero attached hydrogens (tertiary/aromatic N) is 3. The van der Waals surface area contributed by atoms with Gasteiger partial charge in [0.1, 0.15) is 5.54 Å². The van der Waals surface area contributed by atoms with E-state index in [-0.39, 0.29) is 5.89 Å². The first-order valence-corrected chi connectivity index (χ1v) is 4.54. The number of nitrogens with one attached hydrogen (secondary N) is 1. The molecule has 1 amide bonds. The lowest BCUT2D eigenvalue weighted by molar-refractivity contribution is 0.0886. The van der Waals surface area contributed by atoms with E-state index < -0.39 is 11.4 Å². The van der Waals surface area contributed by atoms with Crippen LogP contribution in [-0.2, 0) is 0 Å². The average molecular weight is 208 g/mol. The third kappa shape index (κ3) is 2.53. The van der Waals surface area contributed by atoms with Gasteiger partial charge in [-0.05, 0) is 13.3 Å². The molecule has 6 heteroatoms. The number of hydrogen-bond donors (Lipinski definition) is 1. The average Bonchev–Trinajstić information content (AvgIpc) is 2.65. The number of amides is 1. The molecule has 1 N–H and O–H groups in total. The molecule has 1 aromatic rings. The SMILES string of the molecule is CCC(C)(C#N)NC(=O)c1nnc(C)o1. The zero-order valence-electron chi connectivity index (χ0n) is 8.87. The molecule has 1 heterocycles. The van der Waals surface area contributed by atoms with Crippen molar-refractivity contribution in [3.63, 3.8) is 0 Å². The second-order valence-corrected chi connectivity index (χ2v) is 3.38. The lowest BCUT2D eigenvalue weighted by Crippen LogP contribution is -2.44. The Balaban J connectivity index is 2.76. The summed E-state index contributed by atoms with van der Waals surface area (Å²) in [6, 6.07) is 2.01. The highest BCUT2D eigenvalue weighted by Crippen LogP contribution is 2.08. The molecule has 1 atom stereocenters. The van der Waals surface area contributed by atoms with E-state index in [2.05, 4.69) is 15.5 Å². The van der Waals surface area contributed by atoms with Crippen molar-refractivity contribution in [3.8, 4) is 6.07 Å². The zero-order chi connectivity index (χ0) is 11.5. The summed E-state index contributed by atoms with van der Waals surface area (Å²) in [6.45, 7) is 5.03. The molecule has 0 fully saturated rings. The molecule has 0 spiro atoms. The minimum atomic E-state index is -0.903. The highest BCUT2D eigenvalue weighted by Gasteiger charge is 2.26. The lowest BCUT2D eigenvalue weighted by Gasteiger charge is -2.19. The Bertz CT molecular complexity index is 406. The Morgan fingerprint density at radius 2 is 2.33 bits per heavy atom. The topological polar surface area (TPSA) is 91.8 Å². The van der Waals surface area contributed by atoms with Crippen molar-refractivity contribution < 1.29 is 9.21 Å². The van der Waals surface area contributed by atoms with Crippen molar-refractivity contribution in [3.05, 3.63) is 11.8 Å². The third-order valence-electron chi connectivity index (χ3n) is 2.06. The molecule has 0 aromatic carbocycles. The molecule has 0 aliphatic heterocycles. The van der Waals surface area contributed by atoms with Crippen LogP contribution in [-0.4, -0.2) is 21.6 Å². The van der Waals surface area contributed by atoms with Crippen LogP contribution in [0, 0.1) is 18.3 Å². The van der Waals surface area contributed by atoms with Crippen LogP contribution in [0.5, 0.6) is 0 Å². The van der Waals surface area contributed by atoms with Gasteiger partial charge in [-0.25, -0.2) is 0 Å². The van der Waals surface area contributed by atoms with Crippen LogP contribution in [0.3, 0.4) is 0 Å². The molecule has 15 heavy (non-hydrogen) atoms. The third-order valence-corrected chi connectivity index (χ3v) is 2.06. The van der Waals surface area contributed by atoms with E-state index in [0.717, 1.165) is 0 Å². The maximum atomic E-state index is 11.5. The number of nitriles is 1. The number of rotatable bonds is 3. The van der Waals surface area contributed by atoms with Gasteiger partial charge >= 0.3 is 11.8 Å². The Hall–Kier alpha value is -1.90. The summed E-state index contributed by atoms with van der Waals surface area (Å²) in [5.41, 5.74) is -0.903. The van der Waals surface area contributed by atoms with Gasteiger partial charge in [-0.2, -0.15) is 5.26 Å². The standard InChI is InChI=1S/C9H12N4O2/c1-4-9(3,5-10)11-7(14)8-13-12-6(2)15-8/h4H2,1-3H3,(H,11,14). The number of carbonyl (C=O) groups excluding carboxylic acids is 1. The number of aromatic nitrogens is 2. The maximum Gasteiger partial charge on any atom is 0.310 e. The first-order chi connectivity index (χ1) is 7.00. The fourth-order valence-electron chi connectivity index (χ4n) is 0.888. The number of carbonyl (C=O) groups is 1. The van der Waals surface area contributed by atoms with E-state index in [1.54, 1.807) is 13.8 Å². The van der Waals surface area contributed by atoms with Gasteiger partial charge in [-0.1, -0.05) is 6.92 Å². The second kappa shape index (κ2) is 4.09. The van der Waals surface area contributed by atoms with Crippen molar-refractivity contribution in [2.75, 3.05) is 0 Å². The van der Waals surface area contributed by atoms with E-state index in [4.69, 9.17) is 9.68 Å². The number of hydrogen-bond acceptors (Lipinski definition) is 5. The molecule has 0 saturated carbocycles.